The first-order valence-electron chi connectivity index (χ1n) is 5.23. The summed E-state index contributed by atoms with van der Waals surface area (Å²) < 4.78 is 4.84. The van der Waals surface area contributed by atoms with E-state index < -0.39 is 0 Å². The molecule has 0 fully saturated rings. The maximum atomic E-state index is 11.8. The van der Waals surface area contributed by atoms with Crippen LogP contribution in [0.4, 0.5) is 0 Å². The Hall–Kier alpha value is -1.49. The van der Waals surface area contributed by atoms with E-state index in [2.05, 4.69) is 14.9 Å². The largest absolute Gasteiger partial charge is 0.350 e. The Bertz CT molecular complexity index is 509. The Morgan fingerprint density at radius 3 is 3.12 bits per heavy atom. The maximum absolute atomic E-state index is 11.8. The third-order valence-electron chi connectivity index (χ3n) is 2.50. The fourth-order valence-electron chi connectivity index (χ4n) is 1.33. The molecule has 0 saturated heterocycles. The molecule has 1 atom stereocenters. The van der Waals surface area contributed by atoms with Gasteiger partial charge in [-0.15, -0.1) is 5.10 Å². The van der Waals surface area contributed by atoms with Crippen LogP contribution in [-0.2, 0) is 0 Å². The van der Waals surface area contributed by atoms with E-state index >= 15 is 0 Å². The lowest BCUT2D eigenvalue weighted by atomic mass is 10.2. The first-order valence-corrected chi connectivity index (χ1v) is 6.01. The van der Waals surface area contributed by atoms with Crippen LogP contribution < -0.4 is 5.32 Å². The van der Waals surface area contributed by atoms with Crippen molar-refractivity contribution < 1.29 is 4.79 Å². The number of carbonyl (C=O) groups is 1. The lowest BCUT2D eigenvalue weighted by molar-refractivity contribution is 0.0939. The lowest BCUT2D eigenvalue weighted by Gasteiger charge is -2.10. The van der Waals surface area contributed by atoms with Gasteiger partial charge in [0, 0.05) is 11.6 Å². The van der Waals surface area contributed by atoms with E-state index in [4.69, 9.17) is 0 Å². The lowest BCUT2D eigenvalue weighted by Crippen LogP contribution is -2.31. The third-order valence-corrected chi connectivity index (χ3v) is 3.20. The molecule has 0 aliphatic carbocycles. The van der Waals surface area contributed by atoms with Crippen LogP contribution in [0.5, 0.6) is 0 Å². The first-order chi connectivity index (χ1) is 7.70. The molecule has 0 radical (unpaired) electrons. The minimum absolute atomic E-state index is 0.0516. The van der Waals surface area contributed by atoms with E-state index in [1.165, 1.54) is 11.5 Å². The molecule has 5 heteroatoms. The quantitative estimate of drug-likeness (QED) is 0.887. The van der Waals surface area contributed by atoms with Gasteiger partial charge in [0.15, 0.2) is 0 Å². The summed E-state index contributed by atoms with van der Waals surface area (Å²) in [6, 6.07) is 5.65. The Morgan fingerprint density at radius 2 is 2.38 bits per heavy atom. The smallest absolute Gasteiger partial charge is 0.251 e. The minimum atomic E-state index is -0.0516. The number of rotatable bonds is 3. The average Bonchev–Trinajstić information content (AvgIpc) is 2.75. The van der Waals surface area contributed by atoms with E-state index in [1.807, 2.05) is 19.9 Å². The second-order valence-electron chi connectivity index (χ2n) is 3.74. The molecule has 4 nitrogen and oxygen atoms in total. The highest BCUT2D eigenvalue weighted by molar-refractivity contribution is 7.12. The maximum Gasteiger partial charge on any atom is 0.251 e. The van der Waals surface area contributed by atoms with Gasteiger partial charge < -0.3 is 5.32 Å². The zero-order chi connectivity index (χ0) is 11.5. The van der Waals surface area contributed by atoms with Crippen LogP contribution in [0.1, 0.15) is 30.6 Å². The molecular formula is C11H13N3OS. The van der Waals surface area contributed by atoms with Gasteiger partial charge in [-0.1, -0.05) is 11.4 Å². The van der Waals surface area contributed by atoms with Crippen LogP contribution in [-0.4, -0.2) is 21.5 Å². The van der Waals surface area contributed by atoms with Crippen LogP contribution in [0.2, 0.25) is 0 Å². The number of hydrogen-bond acceptors (Lipinski definition) is 4. The highest BCUT2D eigenvalue weighted by Crippen LogP contribution is 2.16. The van der Waals surface area contributed by atoms with Crippen molar-refractivity contribution in [3.8, 4) is 0 Å². The number of aromatic nitrogens is 2. The van der Waals surface area contributed by atoms with Gasteiger partial charge in [0.05, 0.1) is 4.70 Å². The summed E-state index contributed by atoms with van der Waals surface area (Å²) in [4.78, 5) is 11.8. The fourth-order valence-corrected chi connectivity index (χ4v) is 1.87. The summed E-state index contributed by atoms with van der Waals surface area (Å²) in [7, 11) is 0. The normalized spacial score (nSPS) is 12.6. The predicted octanol–water partition coefficient (Wildman–Crippen LogP) is 2.22. The number of fused-ring (bicyclic) bond motifs is 1. The number of nitrogens with zero attached hydrogens (tertiary/aromatic N) is 2. The van der Waals surface area contributed by atoms with Crippen molar-refractivity contribution in [2.75, 3.05) is 0 Å². The zero-order valence-electron chi connectivity index (χ0n) is 9.23. The standard InChI is InChI=1S/C11H13N3OS/c1-3-7(2)12-11(15)8-4-5-10-9(6-8)13-14-16-10/h4-7H,3H2,1-2H3,(H,12,15)/t7-/m1/s1. The van der Waals surface area contributed by atoms with Crippen molar-refractivity contribution in [3.05, 3.63) is 23.8 Å². The fraction of sp³-hybridized carbons (Fsp3) is 0.364. The van der Waals surface area contributed by atoms with Gasteiger partial charge in [-0.3, -0.25) is 4.79 Å². The second-order valence-corrected chi connectivity index (χ2v) is 4.52. The molecule has 2 rings (SSSR count). The highest BCUT2D eigenvalue weighted by atomic mass is 32.1. The first kappa shape index (κ1) is 11.0. The third kappa shape index (κ3) is 2.19. The van der Waals surface area contributed by atoms with Crippen LogP contribution >= 0.6 is 11.5 Å². The van der Waals surface area contributed by atoms with Crippen LogP contribution in [0.3, 0.4) is 0 Å². The molecule has 0 aliphatic heterocycles. The molecule has 1 N–H and O–H groups in total. The van der Waals surface area contributed by atoms with Crippen molar-refractivity contribution in [2.24, 2.45) is 0 Å². The Morgan fingerprint density at radius 1 is 1.56 bits per heavy atom. The molecule has 0 aliphatic rings. The van der Waals surface area contributed by atoms with E-state index in [1.54, 1.807) is 12.1 Å². The van der Waals surface area contributed by atoms with Crippen molar-refractivity contribution >= 4 is 27.7 Å². The average molecular weight is 235 g/mol. The van der Waals surface area contributed by atoms with Gasteiger partial charge in [0.2, 0.25) is 0 Å². The highest BCUT2D eigenvalue weighted by Gasteiger charge is 2.09. The molecule has 0 spiro atoms. The molecule has 1 heterocycles. The predicted molar refractivity (Wildman–Crippen MR) is 64.6 cm³/mol. The van der Waals surface area contributed by atoms with Crippen LogP contribution in [0.15, 0.2) is 18.2 Å². The van der Waals surface area contributed by atoms with Crippen molar-refractivity contribution in [2.45, 2.75) is 26.3 Å². The molecule has 84 valence electrons. The summed E-state index contributed by atoms with van der Waals surface area (Å²) in [5.74, 6) is -0.0516. The molecule has 0 unspecified atom stereocenters. The number of hydrogen-bond donors (Lipinski definition) is 1. The van der Waals surface area contributed by atoms with Crippen LogP contribution in [0.25, 0.3) is 10.2 Å². The zero-order valence-corrected chi connectivity index (χ0v) is 10.0. The van der Waals surface area contributed by atoms with Gasteiger partial charge in [-0.05, 0) is 43.1 Å². The number of benzene rings is 1. The monoisotopic (exact) mass is 235 g/mol. The van der Waals surface area contributed by atoms with Gasteiger partial charge in [-0.25, -0.2) is 0 Å². The topological polar surface area (TPSA) is 54.9 Å². The number of nitrogens with one attached hydrogen (secondary N) is 1. The van der Waals surface area contributed by atoms with Gasteiger partial charge in [0.25, 0.3) is 5.91 Å². The summed E-state index contributed by atoms with van der Waals surface area (Å²) >= 11 is 1.33. The number of amides is 1. The summed E-state index contributed by atoms with van der Waals surface area (Å²) in [5, 5.41) is 6.87. The molecule has 1 aromatic carbocycles. The van der Waals surface area contributed by atoms with E-state index in [0.29, 0.717) is 5.56 Å². The van der Waals surface area contributed by atoms with Gasteiger partial charge >= 0.3 is 0 Å². The molecule has 2 aromatic rings. The molecule has 0 bridgehead atoms. The molecule has 16 heavy (non-hydrogen) atoms. The van der Waals surface area contributed by atoms with Gasteiger partial charge in [0.1, 0.15) is 5.52 Å². The molecule has 1 amide bonds. The van der Waals surface area contributed by atoms with E-state index in [9.17, 15) is 4.79 Å². The summed E-state index contributed by atoms with van der Waals surface area (Å²) in [6.45, 7) is 4.03. The van der Waals surface area contributed by atoms with Crippen molar-refractivity contribution in [1.82, 2.24) is 14.9 Å². The Kier molecular flexibility index (Phi) is 3.14. The van der Waals surface area contributed by atoms with Gasteiger partial charge in [-0.2, -0.15) is 0 Å². The SMILES string of the molecule is CC[C@@H](C)NC(=O)c1ccc2snnc2c1. The Labute approximate surface area is 97.8 Å². The van der Waals surface area contributed by atoms with Crippen molar-refractivity contribution in [1.29, 1.82) is 0 Å². The van der Waals surface area contributed by atoms with Crippen LogP contribution in [0, 0.1) is 0 Å². The Balaban J connectivity index is 2.22. The molecule has 0 saturated carbocycles. The number of carbonyl (C=O) groups excluding carboxylic acids is 1. The summed E-state index contributed by atoms with van der Waals surface area (Å²) in [6.07, 6.45) is 0.923. The van der Waals surface area contributed by atoms with Crippen molar-refractivity contribution in [3.63, 3.8) is 0 Å². The van der Waals surface area contributed by atoms with E-state index in [0.717, 1.165) is 16.6 Å². The van der Waals surface area contributed by atoms with E-state index in [-0.39, 0.29) is 11.9 Å². The molecule has 1 aromatic heterocycles. The minimum Gasteiger partial charge on any atom is -0.350 e. The summed E-state index contributed by atoms with van der Waals surface area (Å²) in [5.41, 5.74) is 1.42. The molecular weight excluding hydrogens is 222 g/mol. The second kappa shape index (κ2) is 4.57.